The molecular formula is C14H10FIN2O3. The van der Waals surface area contributed by atoms with Crippen LogP contribution in [0.15, 0.2) is 36.4 Å². The number of halogens is 2. The molecule has 0 aromatic heterocycles. The third kappa shape index (κ3) is 3.54. The Labute approximate surface area is 133 Å². The molecule has 0 aliphatic rings. The van der Waals surface area contributed by atoms with E-state index in [0.717, 1.165) is 5.56 Å². The van der Waals surface area contributed by atoms with Gasteiger partial charge in [0.05, 0.1) is 10.5 Å². The summed E-state index contributed by atoms with van der Waals surface area (Å²) in [5.41, 5.74) is 1.30. The van der Waals surface area contributed by atoms with E-state index in [2.05, 4.69) is 5.32 Å². The number of carbonyl (C=O) groups is 1. The first kappa shape index (κ1) is 15.4. The van der Waals surface area contributed by atoms with Gasteiger partial charge in [-0.1, -0.05) is 6.07 Å². The molecule has 0 atom stereocenters. The molecule has 0 aliphatic heterocycles. The molecule has 2 aromatic rings. The fraction of sp³-hybridized carbons (Fsp3) is 0.0714. The molecule has 0 aliphatic carbocycles. The molecule has 0 bridgehead atoms. The molecule has 1 N–H and O–H groups in total. The van der Waals surface area contributed by atoms with Gasteiger partial charge in [-0.2, -0.15) is 0 Å². The number of amides is 1. The summed E-state index contributed by atoms with van der Waals surface area (Å²) < 4.78 is 13.6. The number of anilines is 1. The van der Waals surface area contributed by atoms with Crippen molar-refractivity contribution in [1.82, 2.24) is 0 Å². The number of hydrogen-bond donors (Lipinski definition) is 1. The summed E-state index contributed by atoms with van der Waals surface area (Å²) in [5, 5.41) is 13.3. The quantitative estimate of drug-likeness (QED) is 0.483. The molecule has 1 amide bonds. The smallest absolute Gasteiger partial charge is 0.270 e. The number of carbonyl (C=O) groups excluding carboxylic acids is 1. The normalized spacial score (nSPS) is 10.2. The lowest BCUT2D eigenvalue weighted by molar-refractivity contribution is -0.384. The van der Waals surface area contributed by atoms with Gasteiger partial charge in [0.15, 0.2) is 0 Å². The summed E-state index contributed by atoms with van der Waals surface area (Å²) in [6.45, 7) is 1.75. The van der Waals surface area contributed by atoms with Gasteiger partial charge in [-0.3, -0.25) is 14.9 Å². The first-order valence-corrected chi connectivity index (χ1v) is 6.98. The van der Waals surface area contributed by atoms with Crippen molar-refractivity contribution in [1.29, 1.82) is 0 Å². The minimum absolute atomic E-state index is 0.0853. The van der Waals surface area contributed by atoms with Gasteiger partial charge in [0, 0.05) is 21.4 Å². The standard InChI is InChI=1S/C14H10FIN2O3/c1-8-2-3-9(15)6-13(8)17-14(19)11-5-4-10(18(20)21)7-12(11)16/h2-7H,1H3,(H,17,19). The summed E-state index contributed by atoms with van der Waals surface area (Å²) in [5.74, 6) is -0.891. The molecule has 0 saturated carbocycles. The van der Waals surface area contributed by atoms with Crippen molar-refractivity contribution in [2.75, 3.05) is 5.32 Å². The summed E-state index contributed by atoms with van der Waals surface area (Å²) in [7, 11) is 0. The van der Waals surface area contributed by atoms with Crippen molar-refractivity contribution in [3.8, 4) is 0 Å². The highest BCUT2D eigenvalue weighted by molar-refractivity contribution is 14.1. The van der Waals surface area contributed by atoms with Crippen molar-refractivity contribution in [2.45, 2.75) is 6.92 Å². The molecule has 0 fully saturated rings. The van der Waals surface area contributed by atoms with Gasteiger partial charge in [0.2, 0.25) is 0 Å². The van der Waals surface area contributed by atoms with Crippen LogP contribution in [0.3, 0.4) is 0 Å². The van der Waals surface area contributed by atoms with Crippen LogP contribution in [0.5, 0.6) is 0 Å². The maximum Gasteiger partial charge on any atom is 0.270 e. The number of nitro benzene ring substituents is 1. The van der Waals surface area contributed by atoms with Gasteiger partial charge in [-0.15, -0.1) is 0 Å². The van der Waals surface area contributed by atoms with E-state index in [9.17, 15) is 19.3 Å². The van der Waals surface area contributed by atoms with Gasteiger partial charge in [0.25, 0.3) is 11.6 Å². The van der Waals surface area contributed by atoms with Crippen molar-refractivity contribution in [3.63, 3.8) is 0 Å². The molecule has 0 spiro atoms. The second kappa shape index (κ2) is 6.17. The number of nitro groups is 1. The third-order valence-corrected chi connectivity index (χ3v) is 3.75. The maximum absolute atomic E-state index is 13.2. The Morgan fingerprint density at radius 1 is 1.29 bits per heavy atom. The second-order valence-electron chi connectivity index (χ2n) is 4.33. The lowest BCUT2D eigenvalue weighted by Gasteiger charge is -2.09. The van der Waals surface area contributed by atoms with Crippen LogP contribution in [-0.2, 0) is 0 Å². The molecule has 7 heteroatoms. The van der Waals surface area contributed by atoms with Crippen molar-refractivity contribution < 1.29 is 14.1 Å². The molecule has 108 valence electrons. The van der Waals surface area contributed by atoms with Gasteiger partial charge < -0.3 is 5.32 Å². The van der Waals surface area contributed by atoms with E-state index in [0.29, 0.717) is 14.8 Å². The van der Waals surface area contributed by atoms with Crippen LogP contribution in [0.2, 0.25) is 0 Å². The topological polar surface area (TPSA) is 72.2 Å². The van der Waals surface area contributed by atoms with Gasteiger partial charge >= 0.3 is 0 Å². The Kier molecular flexibility index (Phi) is 4.51. The van der Waals surface area contributed by atoms with Crippen molar-refractivity contribution in [2.24, 2.45) is 0 Å². The van der Waals surface area contributed by atoms with E-state index >= 15 is 0 Å². The largest absolute Gasteiger partial charge is 0.322 e. The van der Waals surface area contributed by atoms with E-state index in [-0.39, 0.29) is 5.69 Å². The van der Waals surface area contributed by atoms with Crippen LogP contribution in [0.4, 0.5) is 15.8 Å². The Morgan fingerprint density at radius 3 is 2.62 bits per heavy atom. The predicted octanol–water partition coefficient (Wildman–Crippen LogP) is 3.90. The van der Waals surface area contributed by atoms with Crippen LogP contribution in [0.1, 0.15) is 15.9 Å². The molecule has 0 unspecified atom stereocenters. The number of rotatable bonds is 3. The SMILES string of the molecule is Cc1ccc(F)cc1NC(=O)c1ccc([N+](=O)[O-])cc1I. The zero-order valence-corrected chi connectivity index (χ0v) is 13.0. The fourth-order valence-corrected chi connectivity index (χ4v) is 2.46. The van der Waals surface area contributed by atoms with Crippen molar-refractivity contribution in [3.05, 3.63) is 67.0 Å². The molecule has 0 radical (unpaired) electrons. The van der Waals surface area contributed by atoms with Gasteiger partial charge in [-0.25, -0.2) is 4.39 Å². The Bertz CT molecular complexity index is 734. The molecule has 2 rings (SSSR count). The van der Waals surface area contributed by atoms with Crippen LogP contribution in [-0.4, -0.2) is 10.8 Å². The van der Waals surface area contributed by atoms with E-state index in [4.69, 9.17) is 0 Å². The highest BCUT2D eigenvalue weighted by Crippen LogP contribution is 2.22. The summed E-state index contributed by atoms with van der Waals surface area (Å²) in [6, 6.07) is 8.05. The van der Waals surface area contributed by atoms with E-state index in [1.54, 1.807) is 13.0 Å². The number of nitrogens with zero attached hydrogens (tertiary/aromatic N) is 1. The van der Waals surface area contributed by atoms with E-state index in [1.165, 1.54) is 30.3 Å². The lowest BCUT2D eigenvalue weighted by Crippen LogP contribution is -2.14. The summed E-state index contributed by atoms with van der Waals surface area (Å²) in [4.78, 5) is 22.3. The zero-order chi connectivity index (χ0) is 15.6. The first-order chi connectivity index (χ1) is 9.88. The zero-order valence-electron chi connectivity index (χ0n) is 10.9. The minimum Gasteiger partial charge on any atom is -0.322 e. The molecule has 21 heavy (non-hydrogen) atoms. The monoisotopic (exact) mass is 400 g/mol. The van der Waals surface area contributed by atoms with Gasteiger partial charge in [-0.05, 0) is 53.3 Å². The van der Waals surface area contributed by atoms with Crippen molar-refractivity contribution >= 4 is 39.9 Å². The third-order valence-electron chi connectivity index (χ3n) is 2.86. The summed E-state index contributed by atoms with van der Waals surface area (Å²) >= 11 is 1.85. The molecule has 2 aromatic carbocycles. The average Bonchev–Trinajstić information content (AvgIpc) is 2.42. The Morgan fingerprint density at radius 2 is 2.00 bits per heavy atom. The van der Waals surface area contributed by atoms with Crippen LogP contribution < -0.4 is 5.32 Å². The first-order valence-electron chi connectivity index (χ1n) is 5.90. The highest BCUT2D eigenvalue weighted by Gasteiger charge is 2.15. The molecule has 5 nitrogen and oxygen atoms in total. The number of nitrogens with one attached hydrogen (secondary N) is 1. The summed E-state index contributed by atoms with van der Waals surface area (Å²) in [6.07, 6.45) is 0. The number of non-ortho nitro benzene ring substituents is 1. The number of hydrogen-bond acceptors (Lipinski definition) is 3. The predicted molar refractivity (Wildman–Crippen MR) is 84.9 cm³/mol. The molecule has 0 saturated heterocycles. The number of aryl methyl sites for hydroxylation is 1. The highest BCUT2D eigenvalue weighted by atomic mass is 127. The van der Waals surface area contributed by atoms with E-state index in [1.807, 2.05) is 22.6 Å². The van der Waals surface area contributed by atoms with Crippen LogP contribution in [0, 0.1) is 26.4 Å². The molecular weight excluding hydrogens is 390 g/mol. The Hall–Kier alpha value is -2.03. The maximum atomic E-state index is 13.2. The number of benzene rings is 2. The van der Waals surface area contributed by atoms with Gasteiger partial charge in [0.1, 0.15) is 5.82 Å². The van der Waals surface area contributed by atoms with Crippen LogP contribution >= 0.6 is 22.6 Å². The van der Waals surface area contributed by atoms with Crippen LogP contribution in [0.25, 0.3) is 0 Å². The molecule has 0 heterocycles. The lowest BCUT2D eigenvalue weighted by atomic mass is 10.1. The van der Waals surface area contributed by atoms with E-state index < -0.39 is 16.6 Å². The average molecular weight is 400 g/mol. The second-order valence-corrected chi connectivity index (χ2v) is 5.50. The minimum atomic E-state index is -0.527. The fourth-order valence-electron chi connectivity index (χ4n) is 1.72. The Balaban J connectivity index is 2.28.